The van der Waals surface area contributed by atoms with E-state index in [1.807, 2.05) is 45.9 Å². The number of rotatable bonds is 4. The number of amides is 1. The van der Waals surface area contributed by atoms with E-state index in [1.54, 1.807) is 4.90 Å². The number of hydrogen-bond donors (Lipinski definition) is 0. The van der Waals surface area contributed by atoms with Crippen LogP contribution in [0.2, 0.25) is 0 Å². The molecule has 0 spiro atoms. The van der Waals surface area contributed by atoms with Crippen molar-refractivity contribution in [3.05, 3.63) is 29.6 Å². The molecule has 134 valence electrons. The molecule has 1 aromatic heterocycles. The van der Waals surface area contributed by atoms with Crippen LogP contribution in [-0.4, -0.2) is 40.3 Å². The normalized spacial score (nSPS) is 17.6. The summed E-state index contributed by atoms with van der Waals surface area (Å²) in [5.41, 5.74) is 1.33. The molecule has 0 atom stereocenters. The summed E-state index contributed by atoms with van der Waals surface area (Å²) < 4.78 is 11.7. The van der Waals surface area contributed by atoms with Crippen molar-refractivity contribution in [2.24, 2.45) is 0 Å². The predicted molar refractivity (Wildman–Crippen MR) is 93.8 cm³/mol. The fraction of sp³-hybridized carbons (Fsp3) is 0.684. The first-order valence-electron chi connectivity index (χ1n) is 8.77. The highest BCUT2D eigenvalue weighted by molar-refractivity contribution is 5.68. The summed E-state index contributed by atoms with van der Waals surface area (Å²) in [6, 6.07) is 5.98. The lowest BCUT2D eigenvalue weighted by atomic mass is 9.88. The number of hydrogen-bond acceptors (Lipinski definition) is 4. The molecule has 5 nitrogen and oxygen atoms in total. The summed E-state index contributed by atoms with van der Waals surface area (Å²) in [6.45, 7) is 11.7. The lowest BCUT2D eigenvalue weighted by Gasteiger charge is -2.41. The molecule has 1 amide bonds. The Morgan fingerprint density at radius 3 is 2.50 bits per heavy atom. The van der Waals surface area contributed by atoms with Gasteiger partial charge in [0.15, 0.2) is 0 Å². The number of ether oxygens (including phenoxy) is 2. The van der Waals surface area contributed by atoms with Crippen LogP contribution in [0.5, 0.6) is 0 Å². The minimum atomic E-state index is -0.455. The van der Waals surface area contributed by atoms with E-state index < -0.39 is 5.60 Å². The molecule has 0 unspecified atom stereocenters. The van der Waals surface area contributed by atoms with E-state index in [0.29, 0.717) is 19.7 Å². The van der Waals surface area contributed by atoms with Crippen LogP contribution in [0.1, 0.15) is 58.3 Å². The highest BCUT2D eigenvalue weighted by Gasteiger charge is 2.36. The summed E-state index contributed by atoms with van der Waals surface area (Å²) in [6.07, 6.45) is 2.36. The van der Waals surface area contributed by atoms with E-state index >= 15 is 0 Å². The SMILES string of the molecule is CCC1(OCc2cccc(C)n2)CCN(C(=O)OC(C)(C)C)CC1. The summed E-state index contributed by atoms with van der Waals surface area (Å²) in [5, 5.41) is 0. The maximum absolute atomic E-state index is 12.2. The van der Waals surface area contributed by atoms with Gasteiger partial charge in [-0.2, -0.15) is 0 Å². The van der Waals surface area contributed by atoms with Gasteiger partial charge >= 0.3 is 6.09 Å². The van der Waals surface area contributed by atoms with E-state index in [-0.39, 0.29) is 11.7 Å². The number of aryl methyl sites for hydroxylation is 1. The molecule has 1 fully saturated rings. The van der Waals surface area contributed by atoms with E-state index in [2.05, 4.69) is 11.9 Å². The number of carbonyl (C=O) groups is 1. The summed E-state index contributed by atoms with van der Waals surface area (Å²) in [4.78, 5) is 18.5. The molecule has 0 bridgehead atoms. The average Bonchev–Trinajstić information content (AvgIpc) is 2.52. The Hall–Kier alpha value is -1.62. The van der Waals surface area contributed by atoms with Gasteiger partial charge in [-0.1, -0.05) is 13.0 Å². The number of piperidine rings is 1. The van der Waals surface area contributed by atoms with Gasteiger partial charge in [0.1, 0.15) is 5.60 Å². The fourth-order valence-corrected chi connectivity index (χ4v) is 2.93. The number of nitrogens with zero attached hydrogens (tertiary/aromatic N) is 2. The van der Waals surface area contributed by atoms with Crippen LogP contribution >= 0.6 is 0 Å². The quantitative estimate of drug-likeness (QED) is 0.832. The van der Waals surface area contributed by atoms with E-state index in [9.17, 15) is 4.79 Å². The Morgan fingerprint density at radius 2 is 1.96 bits per heavy atom. The lowest BCUT2D eigenvalue weighted by molar-refractivity contribution is -0.0963. The summed E-state index contributed by atoms with van der Waals surface area (Å²) >= 11 is 0. The number of likely N-dealkylation sites (tertiary alicyclic amines) is 1. The minimum Gasteiger partial charge on any atom is -0.444 e. The van der Waals surface area contributed by atoms with Gasteiger partial charge in [-0.05, 0) is 59.1 Å². The molecular formula is C19H30N2O3. The third kappa shape index (κ3) is 5.20. The van der Waals surface area contributed by atoms with Crippen LogP contribution in [0.4, 0.5) is 4.79 Å². The molecule has 1 aliphatic rings. The van der Waals surface area contributed by atoms with Gasteiger partial charge in [-0.15, -0.1) is 0 Å². The van der Waals surface area contributed by atoms with Gasteiger partial charge in [0.25, 0.3) is 0 Å². The highest BCUT2D eigenvalue weighted by atomic mass is 16.6. The standard InChI is InChI=1S/C19H30N2O3/c1-6-19(23-14-16-9-7-8-15(2)20-16)10-12-21(13-11-19)17(22)24-18(3,4)5/h7-9H,6,10-14H2,1-5H3. The zero-order chi connectivity index (χ0) is 17.8. The van der Waals surface area contributed by atoms with Gasteiger partial charge in [-0.3, -0.25) is 4.98 Å². The molecule has 0 aromatic carbocycles. The van der Waals surface area contributed by atoms with Crippen LogP contribution in [0.15, 0.2) is 18.2 Å². The minimum absolute atomic E-state index is 0.177. The third-order valence-corrected chi connectivity index (χ3v) is 4.44. The van der Waals surface area contributed by atoms with E-state index in [1.165, 1.54) is 0 Å². The van der Waals surface area contributed by atoms with Crippen LogP contribution in [-0.2, 0) is 16.1 Å². The van der Waals surface area contributed by atoms with Crippen molar-refractivity contribution in [2.75, 3.05) is 13.1 Å². The van der Waals surface area contributed by atoms with Gasteiger partial charge in [0, 0.05) is 18.8 Å². The van der Waals surface area contributed by atoms with Crippen molar-refractivity contribution in [1.82, 2.24) is 9.88 Å². The molecule has 0 N–H and O–H groups in total. The molecule has 2 heterocycles. The summed E-state index contributed by atoms with van der Waals surface area (Å²) in [7, 11) is 0. The Kier molecular flexibility index (Phi) is 5.86. The fourth-order valence-electron chi connectivity index (χ4n) is 2.93. The smallest absolute Gasteiger partial charge is 0.410 e. The Labute approximate surface area is 145 Å². The van der Waals surface area contributed by atoms with Crippen molar-refractivity contribution < 1.29 is 14.3 Å². The summed E-state index contributed by atoms with van der Waals surface area (Å²) in [5.74, 6) is 0. The monoisotopic (exact) mass is 334 g/mol. The van der Waals surface area contributed by atoms with Crippen LogP contribution in [0.25, 0.3) is 0 Å². The van der Waals surface area contributed by atoms with Crippen LogP contribution in [0, 0.1) is 6.92 Å². The zero-order valence-corrected chi connectivity index (χ0v) is 15.6. The first-order valence-corrected chi connectivity index (χ1v) is 8.77. The molecule has 0 aliphatic carbocycles. The molecule has 2 rings (SSSR count). The van der Waals surface area contributed by atoms with Crippen molar-refractivity contribution >= 4 is 6.09 Å². The Morgan fingerprint density at radius 1 is 1.29 bits per heavy atom. The Bertz CT molecular complexity index is 558. The largest absolute Gasteiger partial charge is 0.444 e. The molecule has 1 aliphatic heterocycles. The third-order valence-electron chi connectivity index (χ3n) is 4.44. The van der Waals surface area contributed by atoms with Crippen LogP contribution < -0.4 is 0 Å². The van der Waals surface area contributed by atoms with Gasteiger partial charge in [0.2, 0.25) is 0 Å². The van der Waals surface area contributed by atoms with Crippen molar-refractivity contribution in [2.45, 2.75) is 71.7 Å². The number of carbonyl (C=O) groups excluding carboxylic acids is 1. The van der Waals surface area contributed by atoms with Crippen LogP contribution in [0.3, 0.4) is 0 Å². The van der Waals surface area contributed by atoms with E-state index in [4.69, 9.17) is 9.47 Å². The topological polar surface area (TPSA) is 51.7 Å². The molecular weight excluding hydrogens is 304 g/mol. The van der Waals surface area contributed by atoms with Crippen molar-refractivity contribution in [3.63, 3.8) is 0 Å². The molecule has 1 saturated heterocycles. The number of aromatic nitrogens is 1. The average molecular weight is 334 g/mol. The molecule has 24 heavy (non-hydrogen) atoms. The first-order chi connectivity index (χ1) is 11.2. The van der Waals surface area contributed by atoms with Crippen molar-refractivity contribution in [1.29, 1.82) is 0 Å². The maximum atomic E-state index is 12.2. The first kappa shape index (κ1) is 18.7. The van der Waals surface area contributed by atoms with Gasteiger partial charge in [0.05, 0.1) is 17.9 Å². The van der Waals surface area contributed by atoms with E-state index in [0.717, 1.165) is 30.7 Å². The van der Waals surface area contributed by atoms with Gasteiger partial charge < -0.3 is 14.4 Å². The molecule has 0 saturated carbocycles. The Balaban J connectivity index is 1.90. The predicted octanol–water partition coefficient (Wildman–Crippen LogP) is 4.09. The second-order valence-electron chi connectivity index (χ2n) is 7.56. The molecule has 1 aromatic rings. The highest BCUT2D eigenvalue weighted by Crippen LogP contribution is 2.31. The second-order valence-corrected chi connectivity index (χ2v) is 7.56. The molecule has 0 radical (unpaired) electrons. The lowest BCUT2D eigenvalue weighted by Crippen LogP contribution is -2.49. The number of pyridine rings is 1. The zero-order valence-electron chi connectivity index (χ0n) is 15.6. The maximum Gasteiger partial charge on any atom is 0.410 e. The van der Waals surface area contributed by atoms with Gasteiger partial charge in [-0.25, -0.2) is 4.79 Å². The van der Waals surface area contributed by atoms with Crippen molar-refractivity contribution in [3.8, 4) is 0 Å². The molecule has 5 heteroatoms. The second kappa shape index (κ2) is 7.51.